The van der Waals surface area contributed by atoms with E-state index in [4.69, 9.17) is 16.3 Å². The molecule has 150 valence electrons. The Kier molecular flexibility index (Phi) is 6.59. The van der Waals surface area contributed by atoms with Crippen molar-refractivity contribution in [1.29, 1.82) is 0 Å². The number of benzene rings is 2. The Labute approximate surface area is 170 Å². The van der Waals surface area contributed by atoms with Crippen molar-refractivity contribution in [3.63, 3.8) is 0 Å². The number of rotatable bonds is 6. The largest absolute Gasteiger partial charge is 0.496 e. The topological polar surface area (TPSA) is 75.7 Å². The molecular formula is C20H23ClN2O4S. The van der Waals surface area contributed by atoms with Crippen molar-refractivity contribution in [2.75, 3.05) is 20.2 Å². The normalized spacial score (nSPS) is 14.7. The maximum atomic E-state index is 12.9. The SMILES string of the molecule is COc1ccc(S(=O)(=O)NCc2cccc(Cl)c2)cc1C(=O)N1CCCCC1. The molecule has 0 atom stereocenters. The molecule has 2 aromatic carbocycles. The van der Waals surface area contributed by atoms with Crippen molar-refractivity contribution >= 4 is 27.5 Å². The van der Waals surface area contributed by atoms with E-state index in [1.165, 1.54) is 25.3 Å². The third-order valence-electron chi connectivity index (χ3n) is 4.71. The number of halogens is 1. The third kappa shape index (κ3) is 4.84. The number of nitrogens with zero attached hydrogens (tertiary/aromatic N) is 1. The summed E-state index contributed by atoms with van der Waals surface area (Å²) in [6.07, 6.45) is 3.00. The van der Waals surface area contributed by atoms with E-state index in [2.05, 4.69) is 4.72 Å². The van der Waals surface area contributed by atoms with E-state index in [1.54, 1.807) is 29.2 Å². The maximum absolute atomic E-state index is 12.9. The van der Waals surface area contributed by atoms with Gasteiger partial charge in [-0.15, -0.1) is 0 Å². The number of likely N-dealkylation sites (tertiary alicyclic amines) is 1. The van der Waals surface area contributed by atoms with Crippen molar-refractivity contribution < 1.29 is 17.9 Å². The van der Waals surface area contributed by atoms with Gasteiger partial charge in [0.25, 0.3) is 5.91 Å². The molecule has 0 radical (unpaired) electrons. The van der Waals surface area contributed by atoms with Crippen molar-refractivity contribution in [3.8, 4) is 5.75 Å². The molecule has 28 heavy (non-hydrogen) atoms. The van der Waals surface area contributed by atoms with Crippen molar-refractivity contribution in [1.82, 2.24) is 9.62 Å². The third-order valence-corrected chi connectivity index (χ3v) is 6.34. The second-order valence-electron chi connectivity index (χ2n) is 6.67. The first-order chi connectivity index (χ1) is 13.4. The number of hydrogen-bond acceptors (Lipinski definition) is 4. The van der Waals surface area contributed by atoms with E-state index < -0.39 is 10.0 Å². The average Bonchev–Trinajstić information content (AvgIpc) is 2.72. The molecule has 1 N–H and O–H groups in total. The van der Waals surface area contributed by atoms with Crippen molar-refractivity contribution in [2.45, 2.75) is 30.7 Å². The highest BCUT2D eigenvalue weighted by molar-refractivity contribution is 7.89. The fourth-order valence-corrected chi connectivity index (χ4v) is 4.45. The Balaban J connectivity index is 1.83. The second-order valence-corrected chi connectivity index (χ2v) is 8.87. The highest BCUT2D eigenvalue weighted by atomic mass is 35.5. The number of nitrogens with one attached hydrogen (secondary N) is 1. The first kappa shape index (κ1) is 20.6. The molecule has 0 unspecified atom stereocenters. The Hall–Kier alpha value is -2.09. The van der Waals surface area contributed by atoms with Gasteiger partial charge in [0.15, 0.2) is 0 Å². The predicted octanol–water partition coefficient (Wildman–Crippen LogP) is 3.45. The van der Waals surface area contributed by atoms with Crippen LogP contribution in [0.25, 0.3) is 0 Å². The summed E-state index contributed by atoms with van der Waals surface area (Å²) in [5.74, 6) is 0.160. The smallest absolute Gasteiger partial charge is 0.257 e. The van der Waals surface area contributed by atoms with Crippen LogP contribution in [0.15, 0.2) is 47.4 Å². The maximum Gasteiger partial charge on any atom is 0.257 e. The minimum absolute atomic E-state index is 0.0238. The summed E-state index contributed by atoms with van der Waals surface area (Å²) in [7, 11) is -2.34. The fraction of sp³-hybridized carbons (Fsp3) is 0.350. The molecule has 8 heteroatoms. The lowest BCUT2D eigenvalue weighted by Gasteiger charge is -2.27. The molecule has 0 aliphatic carbocycles. The molecular weight excluding hydrogens is 400 g/mol. The number of amides is 1. The summed E-state index contributed by atoms with van der Waals surface area (Å²) in [5, 5.41) is 0.538. The number of methoxy groups -OCH3 is 1. The lowest BCUT2D eigenvalue weighted by atomic mass is 10.1. The van der Waals surface area contributed by atoms with Crippen LogP contribution in [0, 0.1) is 0 Å². The van der Waals surface area contributed by atoms with E-state index in [0.29, 0.717) is 23.9 Å². The summed E-state index contributed by atoms with van der Waals surface area (Å²) in [5.41, 5.74) is 1.00. The van der Waals surface area contributed by atoms with Gasteiger partial charge < -0.3 is 9.64 Å². The van der Waals surface area contributed by atoms with Gasteiger partial charge in [0, 0.05) is 24.7 Å². The highest BCUT2D eigenvalue weighted by Gasteiger charge is 2.24. The van der Waals surface area contributed by atoms with Crippen LogP contribution in [0.4, 0.5) is 0 Å². The summed E-state index contributed by atoms with van der Waals surface area (Å²) < 4.78 is 33.3. The molecule has 1 aliphatic rings. The Morgan fingerprint density at radius 1 is 1.14 bits per heavy atom. The van der Waals surface area contributed by atoms with Gasteiger partial charge in [-0.2, -0.15) is 0 Å². The van der Waals surface area contributed by atoms with Crippen LogP contribution in [0.5, 0.6) is 5.75 Å². The van der Waals surface area contributed by atoms with Gasteiger partial charge in [0.2, 0.25) is 10.0 Å². The molecule has 1 saturated heterocycles. The summed E-state index contributed by atoms with van der Waals surface area (Å²) in [6.45, 7) is 1.45. The van der Waals surface area contributed by atoms with Crippen LogP contribution < -0.4 is 9.46 Å². The Bertz CT molecular complexity index is 956. The second kappa shape index (κ2) is 8.94. The minimum atomic E-state index is -3.80. The van der Waals surface area contributed by atoms with E-state index in [0.717, 1.165) is 24.8 Å². The van der Waals surface area contributed by atoms with Crippen LogP contribution in [0.2, 0.25) is 5.02 Å². The molecule has 0 spiro atoms. The van der Waals surface area contributed by atoms with Crippen LogP contribution in [0.3, 0.4) is 0 Å². The Morgan fingerprint density at radius 3 is 2.57 bits per heavy atom. The van der Waals surface area contributed by atoms with Crippen LogP contribution in [-0.2, 0) is 16.6 Å². The quantitative estimate of drug-likeness (QED) is 0.773. The first-order valence-corrected chi connectivity index (χ1v) is 11.0. The first-order valence-electron chi connectivity index (χ1n) is 9.12. The molecule has 3 rings (SSSR count). The van der Waals surface area contributed by atoms with Gasteiger partial charge in [-0.25, -0.2) is 13.1 Å². The van der Waals surface area contributed by atoms with Crippen LogP contribution in [-0.4, -0.2) is 39.4 Å². The molecule has 0 aromatic heterocycles. The van der Waals surface area contributed by atoms with E-state index >= 15 is 0 Å². The number of ether oxygens (including phenoxy) is 1. The zero-order valence-corrected chi connectivity index (χ0v) is 17.2. The lowest BCUT2D eigenvalue weighted by Crippen LogP contribution is -2.36. The molecule has 1 fully saturated rings. The van der Waals surface area contributed by atoms with Gasteiger partial charge in [-0.1, -0.05) is 23.7 Å². The molecule has 0 bridgehead atoms. The number of hydrogen-bond donors (Lipinski definition) is 1. The highest BCUT2D eigenvalue weighted by Crippen LogP contribution is 2.25. The predicted molar refractivity (Wildman–Crippen MR) is 108 cm³/mol. The lowest BCUT2D eigenvalue weighted by molar-refractivity contribution is 0.0720. The average molecular weight is 423 g/mol. The molecule has 1 heterocycles. The summed E-state index contributed by atoms with van der Waals surface area (Å²) in [4.78, 5) is 14.7. The van der Waals surface area contributed by atoms with E-state index in [9.17, 15) is 13.2 Å². The minimum Gasteiger partial charge on any atom is -0.496 e. The molecule has 0 saturated carbocycles. The summed E-state index contributed by atoms with van der Waals surface area (Å²) >= 11 is 5.94. The van der Waals surface area contributed by atoms with Crippen molar-refractivity contribution in [2.24, 2.45) is 0 Å². The van der Waals surface area contributed by atoms with E-state index in [1.807, 2.05) is 0 Å². The van der Waals surface area contributed by atoms with Crippen molar-refractivity contribution in [3.05, 3.63) is 58.6 Å². The number of carbonyl (C=O) groups excluding carboxylic acids is 1. The summed E-state index contributed by atoms with van der Waals surface area (Å²) in [6, 6.07) is 11.3. The zero-order valence-electron chi connectivity index (χ0n) is 15.7. The van der Waals surface area contributed by atoms with E-state index in [-0.39, 0.29) is 22.9 Å². The van der Waals surface area contributed by atoms with Gasteiger partial charge in [-0.3, -0.25) is 4.79 Å². The van der Waals surface area contributed by atoms with Crippen LogP contribution in [0.1, 0.15) is 35.2 Å². The monoisotopic (exact) mass is 422 g/mol. The standard InChI is InChI=1S/C20H23ClN2O4S/c1-27-19-9-8-17(13-18(19)20(24)23-10-3-2-4-11-23)28(25,26)22-14-15-6-5-7-16(21)12-15/h5-9,12-13,22H,2-4,10-11,14H2,1H3. The fourth-order valence-electron chi connectivity index (χ4n) is 3.20. The molecule has 1 amide bonds. The number of carbonyl (C=O) groups is 1. The number of piperidine rings is 1. The number of sulfonamides is 1. The molecule has 2 aromatic rings. The zero-order chi connectivity index (χ0) is 20.1. The molecule has 1 aliphatic heterocycles. The molecule has 6 nitrogen and oxygen atoms in total. The van der Waals surface area contributed by atoms with Gasteiger partial charge in [0.05, 0.1) is 17.6 Å². The van der Waals surface area contributed by atoms with Gasteiger partial charge in [0.1, 0.15) is 5.75 Å². The van der Waals surface area contributed by atoms with Gasteiger partial charge in [-0.05, 0) is 55.2 Å². The van der Waals surface area contributed by atoms with Crippen LogP contribution >= 0.6 is 11.6 Å². The Morgan fingerprint density at radius 2 is 1.89 bits per heavy atom. The van der Waals surface area contributed by atoms with Gasteiger partial charge >= 0.3 is 0 Å².